The Morgan fingerprint density at radius 2 is 2.12 bits per heavy atom. The van der Waals surface area contributed by atoms with E-state index < -0.39 is 0 Å². The summed E-state index contributed by atoms with van der Waals surface area (Å²) < 4.78 is 11.1. The van der Waals surface area contributed by atoms with Crippen LogP contribution in [0.5, 0.6) is 0 Å². The molecule has 0 aliphatic carbocycles. The van der Waals surface area contributed by atoms with Crippen molar-refractivity contribution in [2.75, 3.05) is 26.3 Å². The lowest BCUT2D eigenvalue weighted by Gasteiger charge is -2.16. The van der Waals surface area contributed by atoms with Gasteiger partial charge in [0, 0.05) is 26.2 Å². The third kappa shape index (κ3) is 5.63. The molecule has 1 aliphatic heterocycles. The van der Waals surface area contributed by atoms with E-state index >= 15 is 0 Å². The summed E-state index contributed by atoms with van der Waals surface area (Å²) in [7, 11) is -0.262. The van der Waals surface area contributed by atoms with Crippen LogP contribution in [0.2, 0.25) is 6.04 Å². The summed E-state index contributed by atoms with van der Waals surface area (Å²) in [6.45, 7) is 7.54. The molecule has 0 aromatic rings. The van der Waals surface area contributed by atoms with E-state index in [0.717, 1.165) is 32.7 Å². The van der Waals surface area contributed by atoms with Crippen LogP contribution in [0.25, 0.3) is 0 Å². The average Bonchev–Trinajstić information content (AvgIpc) is 2.78. The molecule has 94 valence electrons. The average molecular weight is 244 g/mol. The van der Waals surface area contributed by atoms with Crippen LogP contribution < -0.4 is 5.32 Å². The van der Waals surface area contributed by atoms with Gasteiger partial charge in [-0.3, -0.25) is 4.99 Å². The van der Waals surface area contributed by atoms with Gasteiger partial charge in [-0.2, -0.15) is 0 Å². The van der Waals surface area contributed by atoms with E-state index in [9.17, 15) is 0 Å². The molecule has 0 aromatic carbocycles. The van der Waals surface area contributed by atoms with Gasteiger partial charge in [-0.15, -0.1) is 0 Å². The van der Waals surface area contributed by atoms with E-state index in [1.165, 1.54) is 18.3 Å². The summed E-state index contributed by atoms with van der Waals surface area (Å²) >= 11 is 0. The molecule has 1 aliphatic rings. The Labute approximate surface area is 101 Å². The number of hydrogen-bond acceptors (Lipinski definition) is 4. The Bertz CT molecular complexity index is 206. The lowest BCUT2D eigenvalue weighted by atomic mass is 10.3. The zero-order valence-corrected chi connectivity index (χ0v) is 11.9. The van der Waals surface area contributed by atoms with Crippen LogP contribution in [-0.2, 0) is 9.47 Å². The smallest absolute Gasteiger partial charge is 0.134 e. The summed E-state index contributed by atoms with van der Waals surface area (Å²) in [5.41, 5.74) is 0. The molecule has 16 heavy (non-hydrogen) atoms. The van der Waals surface area contributed by atoms with E-state index in [4.69, 9.17) is 9.47 Å². The number of aliphatic imine (C=N–C) groups is 1. The molecular weight excluding hydrogens is 220 g/mol. The summed E-state index contributed by atoms with van der Waals surface area (Å²) in [4.78, 5) is 4.38. The number of amidine groups is 1. The van der Waals surface area contributed by atoms with Crippen LogP contribution >= 0.6 is 0 Å². The van der Waals surface area contributed by atoms with Gasteiger partial charge < -0.3 is 14.8 Å². The van der Waals surface area contributed by atoms with Gasteiger partial charge in [0.05, 0.1) is 21.9 Å². The minimum Gasteiger partial charge on any atom is -0.372 e. The van der Waals surface area contributed by atoms with E-state index in [-0.39, 0.29) is 15.4 Å². The number of nitrogens with one attached hydrogen (secondary N) is 1. The van der Waals surface area contributed by atoms with Gasteiger partial charge in [-0.05, 0) is 20.3 Å². The summed E-state index contributed by atoms with van der Waals surface area (Å²) in [6.07, 6.45) is 2.31. The minimum atomic E-state index is -0.262. The molecule has 0 fully saturated rings. The largest absolute Gasteiger partial charge is 0.372 e. The lowest BCUT2D eigenvalue weighted by Crippen LogP contribution is -2.25. The van der Waals surface area contributed by atoms with Crippen molar-refractivity contribution in [3.8, 4) is 0 Å². The Morgan fingerprint density at radius 3 is 2.69 bits per heavy atom. The van der Waals surface area contributed by atoms with Gasteiger partial charge in [-0.1, -0.05) is 6.04 Å². The molecule has 1 heterocycles. The maximum Gasteiger partial charge on any atom is 0.134 e. The van der Waals surface area contributed by atoms with Crippen LogP contribution in [0.4, 0.5) is 0 Å². The molecule has 0 aromatic heterocycles. The third-order valence-corrected chi connectivity index (χ3v) is 4.40. The van der Waals surface area contributed by atoms with Gasteiger partial charge in [0.2, 0.25) is 0 Å². The number of nitrogens with zero attached hydrogens (tertiary/aromatic N) is 1. The normalized spacial score (nSPS) is 16.1. The predicted molar refractivity (Wildman–Crippen MR) is 69.9 cm³/mol. The van der Waals surface area contributed by atoms with Gasteiger partial charge in [-0.25, -0.2) is 0 Å². The van der Waals surface area contributed by atoms with Crippen LogP contribution in [0.15, 0.2) is 4.99 Å². The molecule has 0 radical (unpaired) electrons. The fourth-order valence-corrected chi connectivity index (χ4v) is 3.48. The monoisotopic (exact) mass is 244 g/mol. The number of hydrogen-bond donors (Lipinski definition) is 1. The van der Waals surface area contributed by atoms with Crippen molar-refractivity contribution in [2.45, 2.75) is 38.6 Å². The topological polar surface area (TPSA) is 42.9 Å². The first-order chi connectivity index (χ1) is 7.86. The van der Waals surface area contributed by atoms with E-state index in [1.807, 2.05) is 13.8 Å². The van der Waals surface area contributed by atoms with Crippen LogP contribution in [0.1, 0.15) is 26.7 Å². The minimum absolute atomic E-state index is 0.119. The SMILES string of the molecule is CCOC(OCC)[SiH2]CCCC1=NCCN1. The van der Waals surface area contributed by atoms with Gasteiger partial charge >= 0.3 is 0 Å². The van der Waals surface area contributed by atoms with Crippen molar-refractivity contribution < 1.29 is 9.47 Å². The quantitative estimate of drug-likeness (QED) is 0.369. The maximum atomic E-state index is 5.55. The van der Waals surface area contributed by atoms with Crippen molar-refractivity contribution in [1.82, 2.24) is 5.32 Å². The first-order valence-corrected chi connectivity index (χ1v) is 8.18. The fraction of sp³-hybridized carbons (Fsp3) is 0.909. The zero-order chi connectivity index (χ0) is 11.6. The maximum absolute atomic E-state index is 5.55. The summed E-state index contributed by atoms with van der Waals surface area (Å²) in [5, 5.41) is 3.30. The second-order valence-corrected chi connectivity index (χ2v) is 5.79. The second kappa shape index (κ2) is 8.72. The third-order valence-electron chi connectivity index (χ3n) is 2.55. The molecule has 4 nitrogen and oxygen atoms in total. The molecule has 0 spiro atoms. The predicted octanol–water partition coefficient (Wildman–Crippen LogP) is 0.712. The molecule has 1 N–H and O–H groups in total. The summed E-state index contributed by atoms with van der Waals surface area (Å²) in [5.74, 6) is 1.31. The standard InChI is InChI=1S/C11H24N2O2Si/c1-3-14-11(15-4-2)16-9-5-6-10-12-7-8-13-10/h11H,3-9,16H2,1-2H3,(H,12,13). The first-order valence-electron chi connectivity index (χ1n) is 6.37. The highest BCUT2D eigenvalue weighted by Gasteiger charge is 2.09. The first kappa shape index (κ1) is 13.7. The second-order valence-electron chi connectivity index (χ2n) is 3.84. The molecule has 0 saturated carbocycles. The Morgan fingerprint density at radius 1 is 1.38 bits per heavy atom. The van der Waals surface area contributed by atoms with Crippen LogP contribution in [0, 0.1) is 0 Å². The molecule has 0 saturated heterocycles. The van der Waals surface area contributed by atoms with Gasteiger partial charge in [0.1, 0.15) is 5.91 Å². The molecule has 0 unspecified atom stereocenters. The Hall–Kier alpha value is -0.393. The molecular formula is C11H24N2O2Si. The van der Waals surface area contributed by atoms with Crippen LogP contribution in [-0.4, -0.2) is 47.6 Å². The fourth-order valence-electron chi connectivity index (χ4n) is 1.80. The van der Waals surface area contributed by atoms with Gasteiger partial charge in [0.15, 0.2) is 0 Å². The van der Waals surface area contributed by atoms with Crippen molar-refractivity contribution in [3.63, 3.8) is 0 Å². The number of rotatable bonds is 9. The molecule has 5 heteroatoms. The number of ether oxygens (including phenoxy) is 2. The van der Waals surface area contributed by atoms with E-state index in [0.29, 0.717) is 0 Å². The van der Waals surface area contributed by atoms with Crippen molar-refractivity contribution in [3.05, 3.63) is 0 Å². The van der Waals surface area contributed by atoms with Crippen molar-refractivity contribution >= 4 is 15.4 Å². The molecule has 1 rings (SSSR count). The van der Waals surface area contributed by atoms with E-state index in [1.54, 1.807) is 0 Å². The molecule has 0 bridgehead atoms. The van der Waals surface area contributed by atoms with Crippen molar-refractivity contribution in [1.29, 1.82) is 0 Å². The van der Waals surface area contributed by atoms with Gasteiger partial charge in [0.25, 0.3) is 0 Å². The Kier molecular flexibility index (Phi) is 7.45. The Balaban J connectivity index is 2.02. The highest BCUT2D eigenvalue weighted by atomic mass is 28.2. The summed E-state index contributed by atoms with van der Waals surface area (Å²) in [6, 6.07) is 1.27. The molecule has 0 atom stereocenters. The van der Waals surface area contributed by atoms with Crippen LogP contribution in [0.3, 0.4) is 0 Å². The highest BCUT2D eigenvalue weighted by Crippen LogP contribution is 2.03. The zero-order valence-electron chi connectivity index (χ0n) is 10.5. The lowest BCUT2D eigenvalue weighted by molar-refractivity contribution is -0.0827. The highest BCUT2D eigenvalue weighted by molar-refractivity contribution is 6.36. The van der Waals surface area contributed by atoms with E-state index in [2.05, 4.69) is 10.3 Å². The van der Waals surface area contributed by atoms with Crippen molar-refractivity contribution in [2.24, 2.45) is 4.99 Å². The molecule has 0 amide bonds.